The van der Waals surface area contributed by atoms with Crippen molar-refractivity contribution in [3.63, 3.8) is 0 Å². The summed E-state index contributed by atoms with van der Waals surface area (Å²) < 4.78 is 36.2. The second-order valence-corrected chi connectivity index (χ2v) is 2.04. The van der Waals surface area contributed by atoms with E-state index in [9.17, 15) is 18.0 Å². The molecular weight excluding hydrogens is 175 g/mol. The Labute approximate surface area is 64.5 Å². The molecule has 0 aliphatic rings. The van der Waals surface area contributed by atoms with E-state index >= 15 is 0 Å². The summed E-state index contributed by atoms with van der Waals surface area (Å²) in [6.45, 7) is 0. The lowest BCUT2D eigenvalue weighted by atomic mass is 10.2. The minimum absolute atomic E-state index is 0.575. The van der Waals surface area contributed by atoms with Crippen molar-refractivity contribution < 1.29 is 18.3 Å². The SMILES string of the molecule is O=c1[nH]cc(C(F)F)c(O)c1F. The molecule has 6 heteroatoms. The average molecular weight is 179 g/mol. The number of aromatic hydroxyl groups is 1. The molecule has 0 amide bonds. The lowest BCUT2D eigenvalue weighted by Crippen LogP contribution is -2.11. The minimum Gasteiger partial charge on any atom is -0.504 e. The van der Waals surface area contributed by atoms with E-state index in [0.29, 0.717) is 6.20 Å². The monoisotopic (exact) mass is 179 g/mol. The molecule has 0 saturated carbocycles. The molecule has 0 fully saturated rings. The number of alkyl halides is 2. The number of nitrogens with one attached hydrogen (secondary N) is 1. The molecule has 12 heavy (non-hydrogen) atoms. The molecule has 1 rings (SSSR count). The lowest BCUT2D eigenvalue weighted by molar-refractivity contribution is 0.145. The number of rotatable bonds is 1. The van der Waals surface area contributed by atoms with Crippen LogP contribution in [0.15, 0.2) is 11.0 Å². The van der Waals surface area contributed by atoms with Crippen molar-refractivity contribution in [3.05, 3.63) is 27.9 Å². The fourth-order valence-electron chi connectivity index (χ4n) is 0.676. The molecular formula is C6H4F3NO2. The quantitative estimate of drug-likeness (QED) is 0.679. The van der Waals surface area contributed by atoms with Gasteiger partial charge in [0.15, 0.2) is 5.75 Å². The van der Waals surface area contributed by atoms with Gasteiger partial charge in [-0.25, -0.2) is 8.78 Å². The van der Waals surface area contributed by atoms with E-state index in [0.717, 1.165) is 0 Å². The Bertz CT molecular complexity index is 347. The molecule has 0 saturated heterocycles. The van der Waals surface area contributed by atoms with Crippen LogP contribution >= 0.6 is 0 Å². The summed E-state index contributed by atoms with van der Waals surface area (Å²) in [5, 5.41) is 8.67. The second-order valence-electron chi connectivity index (χ2n) is 2.04. The number of pyridine rings is 1. The van der Waals surface area contributed by atoms with Gasteiger partial charge >= 0.3 is 0 Å². The number of hydrogen-bond donors (Lipinski definition) is 2. The molecule has 0 spiro atoms. The van der Waals surface area contributed by atoms with Gasteiger partial charge in [0.05, 0.1) is 5.56 Å². The normalized spacial score (nSPS) is 10.7. The molecule has 66 valence electrons. The highest BCUT2D eigenvalue weighted by atomic mass is 19.3. The first-order valence-electron chi connectivity index (χ1n) is 2.92. The van der Waals surface area contributed by atoms with Crippen LogP contribution in [0.25, 0.3) is 0 Å². The zero-order chi connectivity index (χ0) is 9.30. The predicted octanol–water partition coefficient (Wildman–Crippen LogP) is 1.16. The van der Waals surface area contributed by atoms with Gasteiger partial charge < -0.3 is 10.1 Å². The molecule has 1 heterocycles. The van der Waals surface area contributed by atoms with Crippen molar-refractivity contribution >= 4 is 0 Å². The number of aromatic nitrogens is 1. The smallest absolute Gasteiger partial charge is 0.287 e. The summed E-state index contributed by atoms with van der Waals surface area (Å²) in [7, 11) is 0. The van der Waals surface area contributed by atoms with E-state index in [4.69, 9.17) is 5.11 Å². The van der Waals surface area contributed by atoms with E-state index < -0.39 is 29.1 Å². The third-order valence-electron chi connectivity index (χ3n) is 1.27. The first-order valence-corrected chi connectivity index (χ1v) is 2.92. The van der Waals surface area contributed by atoms with Crippen molar-refractivity contribution in [2.75, 3.05) is 0 Å². The summed E-state index contributed by atoms with van der Waals surface area (Å²) in [5.41, 5.74) is -2.15. The Morgan fingerprint density at radius 2 is 2.08 bits per heavy atom. The van der Waals surface area contributed by atoms with Crippen molar-refractivity contribution in [2.24, 2.45) is 0 Å². The summed E-state index contributed by atoms with van der Waals surface area (Å²) in [4.78, 5) is 12.1. The zero-order valence-electron chi connectivity index (χ0n) is 5.64. The van der Waals surface area contributed by atoms with Crippen LogP contribution in [-0.2, 0) is 0 Å². The van der Waals surface area contributed by atoms with Crippen molar-refractivity contribution in [2.45, 2.75) is 6.43 Å². The predicted molar refractivity (Wildman–Crippen MR) is 33.6 cm³/mol. The van der Waals surface area contributed by atoms with Gasteiger partial charge in [0.2, 0.25) is 5.82 Å². The van der Waals surface area contributed by atoms with Crippen LogP contribution in [-0.4, -0.2) is 10.1 Å². The second kappa shape index (κ2) is 2.88. The van der Waals surface area contributed by atoms with Crippen LogP contribution in [0.4, 0.5) is 13.2 Å². The van der Waals surface area contributed by atoms with Crippen molar-refractivity contribution in [1.82, 2.24) is 4.98 Å². The third-order valence-corrected chi connectivity index (χ3v) is 1.27. The average Bonchev–Trinajstić information content (AvgIpc) is 2.00. The highest BCUT2D eigenvalue weighted by Gasteiger charge is 2.17. The fourth-order valence-corrected chi connectivity index (χ4v) is 0.676. The molecule has 0 radical (unpaired) electrons. The van der Waals surface area contributed by atoms with E-state index in [2.05, 4.69) is 0 Å². The summed E-state index contributed by atoms with van der Waals surface area (Å²) in [6, 6.07) is 0. The van der Waals surface area contributed by atoms with Crippen LogP contribution in [0.5, 0.6) is 5.75 Å². The highest BCUT2D eigenvalue weighted by Crippen LogP contribution is 2.27. The Hall–Kier alpha value is -1.46. The molecule has 2 N–H and O–H groups in total. The number of H-pyrrole nitrogens is 1. The topological polar surface area (TPSA) is 53.1 Å². The molecule has 0 bridgehead atoms. The largest absolute Gasteiger partial charge is 0.504 e. The minimum atomic E-state index is -3.02. The number of aromatic amines is 1. The van der Waals surface area contributed by atoms with E-state index in [1.165, 1.54) is 0 Å². The Balaban J connectivity index is 3.36. The first kappa shape index (κ1) is 8.63. The van der Waals surface area contributed by atoms with Crippen LogP contribution in [0.1, 0.15) is 12.0 Å². The van der Waals surface area contributed by atoms with Crippen molar-refractivity contribution in [1.29, 1.82) is 0 Å². The molecule has 0 atom stereocenters. The zero-order valence-corrected chi connectivity index (χ0v) is 5.64. The Morgan fingerprint density at radius 1 is 1.50 bits per heavy atom. The summed E-state index contributed by atoms with van der Waals surface area (Å²) in [6.07, 6.45) is -2.44. The Morgan fingerprint density at radius 3 is 2.58 bits per heavy atom. The molecule has 0 aliphatic carbocycles. The fraction of sp³-hybridized carbons (Fsp3) is 0.167. The highest BCUT2D eigenvalue weighted by molar-refractivity contribution is 5.30. The maximum Gasteiger partial charge on any atom is 0.287 e. The van der Waals surface area contributed by atoms with Crippen molar-refractivity contribution in [3.8, 4) is 5.75 Å². The van der Waals surface area contributed by atoms with E-state index in [1.807, 2.05) is 0 Å². The maximum absolute atomic E-state index is 12.4. The van der Waals surface area contributed by atoms with E-state index in [-0.39, 0.29) is 0 Å². The van der Waals surface area contributed by atoms with E-state index in [1.54, 1.807) is 4.98 Å². The van der Waals surface area contributed by atoms with Gasteiger partial charge in [0.1, 0.15) is 0 Å². The van der Waals surface area contributed by atoms with Gasteiger partial charge in [0.25, 0.3) is 12.0 Å². The van der Waals surface area contributed by atoms with Crippen LogP contribution in [0, 0.1) is 5.82 Å². The standard InChI is InChI=1S/C6H4F3NO2/c7-3-4(11)2(5(8)9)1-10-6(3)12/h1,5H,(H2,10,11,12). The molecule has 0 unspecified atom stereocenters. The van der Waals surface area contributed by atoms with Gasteiger partial charge in [-0.15, -0.1) is 0 Å². The third kappa shape index (κ3) is 1.27. The van der Waals surface area contributed by atoms with Gasteiger partial charge in [-0.2, -0.15) is 4.39 Å². The molecule has 1 aromatic rings. The molecule has 0 aromatic carbocycles. The van der Waals surface area contributed by atoms with Gasteiger partial charge in [-0.05, 0) is 0 Å². The van der Waals surface area contributed by atoms with Gasteiger partial charge in [-0.3, -0.25) is 4.79 Å². The van der Waals surface area contributed by atoms with Crippen LogP contribution < -0.4 is 5.56 Å². The van der Waals surface area contributed by atoms with Gasteiger partial charge in [0, 0.05) is 6.20 Å². The Kier molecular flexibility index (Phi) is 2.07. The number of halogens is 3. The molecule has 0 aliphatic heterocycles. The first-order chi connectivity index (χ1) is 5.54. The van der Waals surface area contributed by atoms with Crippen LogP contribution in [0.3, 0.4) is 0 Å². The number of hydrogen-bond acceptors (Lipinski definition) is 2. The van der Waals surface area contributed by atoms with Gasteiger partial charge in [-0.1, -0.05) is 0 Å². The van der Waals surface area contributed by atoms with Crippen LogP contribution in [0.2, 0.25) is 0 Å². The summed E-state index contributed by atoms with van der Waals surface area (Å²) >= 11 is 0. The summed E-state index contributed by atoms with van der Waals surface area (Å²) in [5.74, 6) is -2.89. The molecule has 1 aromatic heterocycles. The molecule has 3 nitrogen and oxygen atoms in total. The lowest BCUT2D eigenvalue weighted by Gasteiger charge is -2.01. The maximum atomic E-state index is 12.4.